The number of rotatable bonds is 3. The molecule has 1 fully saturated rings. The molecule has 0 spiro atoms. The minimum Gasteiger partial charge on any atom is -0.460 e. The quantitative estimate of drug-likeness (QED) is 0.763. The lowest BCUT2D eigenvalue weighted by Gasteiger charge is -2.41. The number of carbonyl (C=O) groups excluding carboxylic acids is 2. The molecule has 0 bridgehead atoms. The Balaban J connectivity index is 2.48. The minimum atomic E-state index is -0.555. The molecule has 5 heteroatoms. The first-order valence-corrected chi connectivity index (χ1v) is 6.38. The van der Waals surface area contributed by atoms with E-state index in [9.17, 15) is 9.59 Å². The zero-order valence-corrected chi connectivity index (χ0v) is 12.0. The van der Waals surface area contributed by atoms with E-state index in [4.69, 9.17) is 4.74 Å². The molecule has 1 aliphatic rings. The molecule has 0 aromatic heterocycles. The maximum absolute atomic E-state index is 11.7. The first-order chi connectivity index (χ1) is 8.13. The first-order valence-electron chi connectivity index (χ1n) is 6.38. The van der Waals surface area contributed by atoms with Gasteiger partial charge in [0, 0.05) is 19.6 Å². The molecule has 1 saturated heterocycles. The van der Waals surface area contributed by atoms with Crippen LogP contribution in [0.25, 0.3) is 0 Å². The summed E-state index contributed by atoms with van der Waals surface area (Å²) in [5.74, 6) is -0.206. The van der Waals surface area contributed by atoms with Crippen LogP contribution in [-0.4, -0.2) is 47.6 Å². The molecule has 18 heavy (non-hydrogen) atoms. The van der Waals surface area contributed by atoms with Gasteiger partial charge in [0.15, 0.2) is 0 Å². The van der Waals surface area contributed by atoms with E-state index in [1.165, 1.54) is 0 Å². The number of nitrogens with one attached hydrogen (secondary N) is 1. The average Bonchev–Trinajstić information content (AvgIpc) is 2.17. The summed E-state index contributed by atoms with van der Waals surface area (Å²) >= 11 is 0. The third-order valence-corrected chi connectivity index (χ3v) is 3.02. The van der Waals surface area contributed by atoms with Crippen molar-refractivity contribution < 1.29 is 14.3 Å². The normalized spacial score (nSPS) is 20.4. The van der Waals surface area contributed by atoms with Gasteiger partial charge in [-0.25, -0.2) is 0 Å². The summed E-state index contributed by atoms with van der Waals surface area (Å²) in [5, 5.41) is 2.83. The summed E-state index contributed by atoms with van der Waals surface area (Å²) in [6, 6.07) is 0. The second-order valence-corrected chi connectivity index (χ2v) is 6.14. The van der Waals surface area contributed by atoms with Gasteiger partial charge in [0.05, 0.1) is 12.0 Å². The molecule has 1 aliphatic heterocycles. The molecule has 0 radical (unpaired) electrons. The van der Waals surface area contributed by atoms with Crippen LogP contribution >= 0.6 is 0 Å². The van der Waals surface area contributed by atoms with Gasteiger partial charge in [-0.3, -0.25) is 14.5 Å². The highest BCUT2D eigenvalue weighted by atomic mass is 16.6. The van der Waals surface area contributed by atoms with E-state index in [1.54, 1.807) is 0 Å². The van der Waals surface area contributed by atoms with Crippen molar-refractivity contribution >= 4 is 11.9 Å². The van der Waals surface area contributed by atoms with Crippen LogP contribution < -0.4 is 5.32 Å². The monoisotopic (exact) mass is 256 g/mol. The highest BCUT2D eigenvalue weighted by molar-refractivity contribution is 5.86. The number of piperazine rings is 1. The fourth-order valence-corrected chi connectivity index (χ4v) is 1.95. The summed E-state index contributed by atoms with van der Waals surface area (Å²) in [6.07, 6.45) is 0.313. The average molecular weight is 256 g/mol. The van der Waals surface area contributed by atoms with Gasteiger partial charge in [0.2, 0.25) is 5.91 Å². The Hall–Kier alpha value is -1.10. The maximum atomic E-state index is 11.7. The van der Waals surface area contributed by atoms with E-state index in [0.29, 0.717) is 19.5 Å². The number of nitrogens with zero attached hydrogens (tertiary/aromatic N) is 1. The van der Waals surface area contributed by atoms with Gasteiger partial charge in [0.1, 0.15) is 5.60 Å². The van der Waals surface area contributed by atoms with Crippen LogP contribution in [0.3, 0.4) is 0 Å². The van der Waals surface area contributed by atoms with Crippen LogP contribution in [-0.2, 0) is 14.3 Å². The topological polar surface area (TPSA) is 58.6 Å². The predicted molar refractivity (Wildman–Crippen MR) is 69.1 cm³/mol. The van der Waals surface area contributed by atoms with Gasteiger partial charge in [-0.1, -0.05) is 0 Å². The molecule has 5 nitrogen and oxygen atoms in total. The van der Waals surface area contributed by atoms with Crippen molar-refractivity contribution in [3.63, 3.8) is 0 Å². The number of amides is 1. The third-order valence-electron chi connectivity index (χ3n) is 3.02. The molecule has 1 N–H and O–H groups in total. The molecule has 0 aromatic carbocycles. The van der Waals surface area contributed by atoms with Crippen molar-refractivity contribution in [2.24, 2.45) is 0 Å². The lowest BCUT2D eigenvalue weighted by Crippen LogP contribution is -2.62. The van der Waals surface area contributed by atoms with E-state index in [1.807, 2.05) is 39.5 Å². The van der Waals surface area contributed by atoms with Gasteiger partial charge in [-0.05, 0) is 34.6 Å². The standard InChI is InChI=1S/C13H24N2O3/c1-12(2,3)18-10(16)6-8-15-9-7-14-11(17)13(15,4)5/h6-9H2,1-5H3,(H,14,17). The van der Waals surface area contributed by atoms with Crippen molar-refractivity contribution in [3.05, 3.63) is 0 Å². The molecular formula is C13H24N2O3. The van der Waals surface area contributed by atoms with Gasteiger partial charge >= 0.3 is 5.97 Å². The number of carbonyl (C=O) groups is 2. The molecule has 0 atom stereocenters. The molecule has 0 unspecified atom stereocenters. The Morgan fingerprint density at radius 3 is 2.61 bits per heavy atom. The van der Waals surface area contributed by atoms with Crippen LogP contribution in [0, 0.1) is 0 Å². The van der Waals surface area contributed by atoms with E-state index in [2.05, 4.69) is 5.32 Å². The molecule has 0 aromatic rings. The lowest BCUT2D eigenvalue weighted by atomic mass is 9.99. The summed E-state index contributed by atoms with van der Waals surface area (Å²) in [5.41, 5.74) is -1.01. The largest absolute Gasteiger partial charge is 0.460 e. The second-order valence-electron chi connectivity index (χ2n) is 6.14. The summed E-state index contributed by atoms with van der Waals surface area (Å²) in [6.45, 7) is 11.2. The molecule has 0 aliphatic carbocycles. The molecule has 1 heterocycles. The zero-order chi connectivity index (χ0) is 14.0. The molecule has 1 amide bonds. The van der Waals surface area contributed by atoms with Gasteiger partial charge < -0.3 is 10.1 Å². The maximum Gasteiger partial charge on any atom is 0.307 e. The van der Waals surface area contributed by atoms with Crippen molar-refractivity contribution in [3.8, 4) is 0 Å². The number of hydrogen-bond donors (Lipinski definition) is 1. The Morgan fingerprint density at radius 2 is 2.06 bits per heavy atom. The predicted octanol–water partition coefficient (Wildman–Crippen LogP) is 0.929. The number of esters is 1. The fraction of sp³-hybridized carbons (Fsp3) is 0.846. The fourth-order valence-electron chi connectivity index (χ4n) is 1.95. The number of hydrogen-bond acceptors (Lipinski definition) is 4. The lowest BCUT2D eigenvalue weighted by molar-refractivity contribution is -0.156. The Kier molecular flexibility index (Phi) is 4.37. The van der Waals surface area contributed by atoms with Crippen molar-refractivity contribution in [1.82, 2.24) is 10.2 Å². The molecule has 104 valence electrons. The zero-order valence-electron chi connectivity index (χ0n) is 12.0. The van der Waals surface area contributed by atoms with E-state index >= 15 is 0 Å². The highest BCUT2D eigenvalue weighted by Crippen LogP contribution is 2.18. The van der Waals surface area contributed by atoms with Crippen molar-refractivity contribution in [2.75, 3.05) is 19.6 Å². The number of ether oxygens (including phenoxy) is 1. The van der Waals surface area contributed by atoms with Crippen LogP contribution in [0.2, 0.25) is 0 Å². The third kappa shape index (κ3) is 3.98. The van der Waals surface area contributed by atoms with Gasteiger partial charge in [0.25, 0.3) is 0 Å². The molecule has 1 rings (SSSR count). The van der Waals surface area contributed by atoms with Crippen LogP contribution in [0.5, 0.6) is 0 Å². The Bertz CT molecular complexity index is 332. The minimum absolute atomic E-state index is 0.0120. The first kappa shape index (κ1) is 15.0. The van der Waals surface area contributed by atoms with Crippen LogP contribution in [0.1, 0.15) is 41.0 Å². The highest BCUT2D eigenvalue weighted by Gasteiger charge is 2.37. The van der Waals surface area contributed by atoms with Crippen molar-refractivity contribution in [2.45, 2.75) is 52.2 Å². The van der Waals surface area contributed by atoms with Crippen molar-refractivity contribution in [1.29, 1.82) is 0 Å². The Labute approximate surface area is 109 Å². The SMILES string of the molecule is CC(C)(C)OC(=O)CCN1CCNC(=O)C1(C)C. The summed E-state index contributed by atoms with van der Waals surface area (Å²) in [4.78, 5) is 25.4. The van der Waals surface area contributed by atoms with Gasteiger partial charge in [-0.2, -0.15) is 0 Å². The van der Waals surface area contributed by atoms with Gasteiger partial charge in [-0.15, -0.1) is 0 Å². The van der Waals surface area contributed by atoms with Crippen LogP contribution in [0.15, 0.2) is 0 Å². The smallest absolute Gasteiger partial charge is 0.307 e. The Morgan fingerprint density at radius 1 is 1.44 bits per heavy atom. The summed E-state index contributed by atoms with van der Waals surface area (Å²) < 4.78 is 5.26. The van der Waals surface area contributed by atoms with E-state index in [0.717, 1.165) is 6.54 Å². The van der Waals surface area contributed by atoms with E-state index in [-0.39, 0.29) is 11.9 Å². The molecular weight excluding hydrogens is 232 g/mol. The summed E-state index contributed by atoms with van der Waals surface area (Å²) in [7, 11) is 0. The van der Waals surface area contributed by atoms with Crippen LogP contribution in [0.4, 0.5) is 0 Å². The second kappa shape index (κ2) is 5.26. The molecule has 0 saturated carbocycles. The van der Waals surface area contributed by atoms with E-state index < -0.39 is 11.1 Å².